The predicted molar refractivity (Wildman–Crippen MR) is 54.0 cm³/mol. The van der Waals surface area contributed by atoms with E-state index >= 15 is 0 Å². The molecule has 0 bridgehead atoms. The van der Waals surface area contributed by atoms with E-state index in [1.165, 1.54) is 0 Å². The lowest BCUT2D eigenvalue weighted by atomic mass is 10.2. The van der Waals surface area contributed by atoms with Gasteiger partial charge < -0.3 is 4.52 Å². The Kier molecular flexibility index (Phi) is 2.32. The van der Waals surface area contributed by atoms with Crippen molar-refractivity contribution in [3.05, 3.63) is 26.4 Å². The molecular formula is C7HCl4NO. The Hall–Kier alpha value is -0.150. The maximum atomic E-state index is 5.88. The molecule has 1 aromatic carbocycles. The van der Waals surface area contributed by atoms with E-state index in [-0.39, 0.29) is 15.3 Å². The molecule has 1 aromatic heterocycles. The molecule has 0 spiro atoms. The number of fused-ring (bicyclic) bond motifs is 1. The summed E-state index contributed by atoms with van der Waals surface area (Å²) in [6.45, 7) is 0. The molecule has 0 aliphatic carbocycles. The number of aromatic nitrogens is 1. The quantitative estimate of drug-likeness (QED) is 0.652. The second-order valence-electron chi connectivity index (χ2n) is 2.34. The zero-order chi connectivity index (χ0) is 9.59. The third kappa shape index (κ3) is 1.38. The van der Waals surface area contributed by atoms with Crippen LogP contribution in [0.15, 0.2) is 10.6 Å². The van der Waals surface area contributed by atoms with Crippen LogP contribution >= 0.6 is 46.4 Å². The molecule has 0 N–H and O–H groups in total. The minimum atomic E-state index is 0.110. The van der Waals surface area contributed by atoms with Gasteiger partial charge in [-0.25, -0.2) is 0 Å². The Morgan fingerprint density at radius 2 is 1.77 bits per heavy atom. The van der Waals surface area contributed by atoms with Crippen molar-refractivity contribution in [1.29, 1.82) is 0 Å². The topological polar surface area (TPSA) is 26.0 Å². The molecule has 0 amide bonds. The van der Waals surface area contributed by atoms with E-state index in [9.17, 15) is 0 Å². The Bertz CT molecular complexity index is 479. The van der Waals surface area contributed by atoms with Crippen molar-refractivity contribution in [2.75, 3.05) is 0 Å². The highest BCUT2D eigenvalue weighted by Crippen LogP contribution is 2.39. The van der Waals surface area contributed by atoms with Gasteiger partial charge in [0.05, 0.1) is 20.5 Å². The molecule has 1 heterocycles. The first kappa shape index (κ1) is 9.41. The van der Waals surface area contributed by atoms with Crippen LogP contribution < -0.4 is 0 Å². The lowest BCUT2D eigenvalue weighted by molar-refractivity contribution is 0.430. The van der Waals surface area contributed by atoms with Crippen molar-refractivity contribution in [1.82, 2.24) is 5.16 Å². The lowest BCUT2D eigenvalue weighted by Gasteiger charge is -1.98. The number of benzene rings is 1. The van der Waals surface area contributed by atoms with E-state index in [2.05, 4.69) is 5.16 Å². The Morgan fingerprint density at radius 3 is 2.46 bits per heavy atom. The minimum Gasteiger partial charge on any atom is -0.343 e. The van der Waals surface area contributed by atoms with Crippen LogP contribution in [0, 0.1) is 0 Å². The molecular weight excluding hydrogens is 256 g/mol. The van der Waals surface area contributed by atoms with Crippen molar-refractivity contribution in [2.24, 2.45) is 0 Å². The van der Waals surface area contributed by atoms with Crippen molar-refractivity contribution < 1.29 is 4.52 Å². The number of rotatable bonds is 0. The molecule has 2 rings (SSSR count). The fourth-order valence-corrected chi connectivity index (χ4v) is 1.93. The van der Waals surface area contributed by atoms with Gasteiger partial charge in [-0.1, -0.05) is 40.0 Å². The molecule has 2 aromatic rings. The molecule has 2 nitrogen and oxygen atoms in total. The minimum absolute atomic E-state index is 0.110. The normalized spacial score (nSPS) is 11.1. The maximum Gasteiger partial charge on any atom is 0.235 e. The van der Waals surface area contributed by atoms with Gasteiger partial charge in [0.1, 0.15) is 5.52 Å². The second kappa shape index (κ2) is 3.21. The number of halogens is 4. The van der Waals surface area contributed by atoms with Gasteiger partial charge in [0.25, 0.3) is 0 Å². The highest BCUT2D eigenvalue weighted by Gasteiger charge is 2.15. The summed E-state index contributed by atoms with van der Waals surface area (Å²) in [5.74, 6) is 0. The van der Waals surface area contributed by atoms with Crippen LogP contribution in [0.2, 0.25) is 20.3 Å². The molecule has 0 unspecified atom stereocenters. The third-order valence-corrected chi connectivity index (χ3v) is 3.08. The highest BCUT2D eigenvalue weighted by atomic mass is 35.5. The van der Waals surface area contributed by atoms with E-state index in [0.717, 1.165) is 0 Å². The van der Waals surface area contributed by atoms with E-state index in [1.54, 1.807) is 6.07 Å². The van der Waals surface area contributed by atoms with Crippen molar-refractivity contribution in [3.8, 4) is 0 Å². The van der Waals surface area contributed by atoms with Crippen molar-refractivity contribution in [2.45, 2.75) is 0 Å². The standard InChI is InChI=1S/C7HCl4NO/c8-2-1-3-4(6(10)5(2)9)7(11)13-12-3/h1H. The summed E-state index contributed by atoms with van der Waals surface area (Å²) in [7, 11) is 0. The molecule has 68 valence electrons. The first-order chi connectivity index (χ1) is 6.11. The van der Waals surface area contributed by atoms with Crippen LogP contribution in [0.5, 0.6) is 0 Å². The molecule has 0 aliphatic heterocycles. The van der Waals surface area contributed by atoms with Crippen LogP contribution in [0.4, 0.5) is 0 Å². The average Bonchev–Trinajstić information content (AvgIpc) is 2.43. The van der Waals surface area contributed by atoms with Gasteiger partial charge in [-0.15, -0.1) is 0 Å². The Balaban J connectivity index is 2.97. The first-order valence-electron chi connectivity index (χ1n) is 3.19. The van der Waals surface area contributed by atoms with Gasteiger partial charge >= 0.3 is 0 Å². The molecule has 13 heavy (non-hydrogen) atoms. The summed E-state index contributed by atoms with van der Waals surface area (Å²) in [5, 5.41) is 5.07. The monoisotopic (exact) mass is 255 g/mol. The fraction of sp³-hybridized carbons (Fsp3) is 0. The Morgan fingerprint density at radius 1 is 1.08 bits per heavy atom. The number of hydrogen-bond acceptors (Lipinski definition) is 2. The largest absolute Gasteiger partial charge is 0.343 e. The van der Waals surface area contributed by atoms with E-state index in [4.69, 9.17) is 50.9 Å². The zero-order valence-corrected chi connectivity index (χ0v) is 8.97. The molecule has 0 saturated heterocycles. The van der Waals surface area contributed by atoms with Gasteiger partial charge in [0, 0.05) is 0 Å². The highest BCUT2D eigenvalue weighted by molar-refractivity contribution is 6.51. The number of hydrogen-bond donors (Lipinski definition) is 0. The summed E-state index contributed by atoms with van der Waals surface area (Å²) in [4.78, 5) is 0. The molecule has 6 heteroatoms. The van der Waals surface area contributed by atoms with Crippen molar-refractivity contribution in [3.63, 3.8) is 0 Å². The van der Waals surface area contributed by atoms with Crippen LogP contribution in [-0.2, 0) is 0 Å². The van der Waals surface area contributed by atoms with Gasteiger partial charge in [-0.3, -0.25) is 0 Å². The molecule has 0 atom stereocenters. The summed E-state index contributed by atoms with van der Waals surface area (Å²) in [5.41, 5.74) is 0.490. The van der Waals surface area contributed by atoms with Crippen LogP contribution in [-0.4, -0.2) is 5.16 Å². The van der Waals surface area contributed by atoms with Crippen LogP contribution in [0.1, 0.15) is 0 Å². The molecule has 0 radical (unpaired) electrons. The van der Waals surface area contributed by atoms with Gasteiger partial charge in [-0.05, 0) is 17.7 Å². The summed E-state index contributed by atoms with van der Waals surface area (Å²) in [6, 6.07) is 1.54. The van der Waals surface area contributed by atoms with Crippen LogP contribution in [0.25, 0.3) is 10.9 Å². The maximum absolute atomic E-state index is 5.88. The summed E-state index contributed by atoms with van der Waals surface area (Å²) >= 11 is 23.1. The SMILES string of the molecule is Clc1cc2noc(Cl)c2c(Cl)c1Cl. The summed E-state index contributed by atoms with van der Waals surface area (Å²) in [6.07, 6.45) is 0. The lowest BCUT2D eigenvalue weighted by Crippen LogP contribution is -1.75. The fourth-order valence-electron chi connectivity index (χ4n) is 0.976. The smallest absolute Gasteiger partial charge is 0.235 e. The predicted octanol–water partition coefficient (Wildman–Crippen LogP) is 4.44. The van der Waals surface area contributed by atoms with Crippen LogP contribution in [0.3, 0.4) is 0 Å². The average molecular weight is 257 g/mol. The third-order valence-electron chi connectivity index (χ3n) is 1.56. The van der Waals surface area contributed by atoms with E-state index in [0.29, 0.717) is 15.9 Å². The van der Waals surface area contributed by atoms with E-state index < -0.39 is 0 Å². The van der Waals surface area contributed by atoms with E-state index in [1.807, 2.05) is 0 Å². The Labute approximate surface area is 93.3 Å². The number of nitrogens with zero attached hydrogens (tertiary/aromatic N) is 1. The molecule has 0 aliphatic rings. The van der Waals surface area contributed by atoms with Gasteiger partial charge in [-0.2, -0.15) is 0 Å². The van der Waals surface area contributed by atoms with Gasteiger partial charge in [0.15, 0.2) is 0 Å². The first-order valence-corrected chi connectivity index (χ1v) is 4.71. The zero-order valence-electron chi connectivity index (χ0n) is 5.94. The molecule has 0 fully saturated rings. The second-order valence-corrected chi connectivity index (χ2v) is 3.84. The summed E-state index contributed by atoms with van der Waals surface area (Å²) < 4.78 is 4.72. The van der Waals surface area contributed by atoms with Crippen molar-refractivity contribution >= 4 is 57.3 Å². The molecule has 0 saturated carbocycles. The van der Waals surface area contributed by atoms with Gasteiger partial charge in [0.2, 0.25) is 5.22 Å².